The largest absolute Gasteiger partial charge is 0.310 e. The molecule has 1 aliphatic rings. The van der Waals surface area contributed by atoms with Crippen LogP contribution in [0.15, 0.2) is 22.7 Å². The van der Waals surface area contributed by atoms with E-state index in [-0.39, 0.29) is 0 Å². The van der Waals surface area contributed by atoms with Gasteiger partial charge in [0.2, 0.25) is 0 Å². The summed E-state index contributed by atoms with van der Waals surface area (Å²) in [4.78, 5) is 0. The maximum absolute atomic E-state index is 3.79. The Morgan fingerprint density at radius 2 is 2.00 bits per heavy atom. The lowest BCUT2D eigenvalue weighted by Gasteiger charge is -2.38. The molecule has 1 aromatic rings. The highest BCUT2D eigenvalue weighted by Crippen LogP contribution is 2.42. The van der Waals surface area contributed by atoms with Gasteiger partial charge >= 0.3 is 0 Å². The van der Waals surface area contributed by atoms with Gasteiger partial charge in [0.15, 0.2) is 0 Å². The third-order valence-electron chi connectivity index (χ3n) is 4.84. The number of benzene rings is 1. The fourth-order valence-corrected chi connectivity index (χ4v) is 4.52. The van der Waals surface area contributed by atoms with Gasteiger partial charge in [0, 0.05) is 10.5 Å². The van der Waals surface area contributed by atoms with Crippen molar-refractivity contribution in [1.29, 1.82) is 0 Å². The van der Waals surface area contributed by atoms with Gasteiger partial charge in [0.05, 0.1) is 0 Å². The van der Waals surface area contributed by atoms with Gasteiger partial charge in [-0.1, -0.05) is 67.6 Å². The van der Waals surface area contributed by atoms with Gasteiger partial charge < -0.3 is 5.32 Å². The van der Waals surface area contributed by atoms with Gasteiger partial charge in [-0.2, -0.15) is 0 Å². The van der Waals surface area contributed by atoms with Crippen molar-refractivity contribution in [2.24, 2.45) is 11.8 Å². The lowest BCUT2D eigenvalue weighted by Crippen LogP contribution is -2.34. The first kappa shape index (κ1) is 16.0. The first-order valence-corrected chi connectivity index (χ1v) is 8.96. The molecule has 1 aromatic carbocycles. The van der Waals surface area contributed by atoms with E-state index in [1.165, 1.54) is 47.7 Å². The molecule has 20 heavy (non-hydrogen) atoms. The molecule has 0 aromatic heterocycles. The topological polar surface area (TPSA) is 12.0 Å². The van der Waals surface area contributed by atoms with Crippen LogP contribution in [0, 0.1) is 18.8 Å². The van der Waals surface area contributed by atoms with E-state index in [9.17, 15) is 0 Å². The molecule has 2 heteroatoms. The van der Waals surface area contributed by atoms with Crippen molar-refractivity contribution in [3.63, 3.8) is 0 Å². The highest BCUT2D eigenvalue weighted by molar-refractivity contribution is 9.10. The average molecular weight is 338 g/mol. The van der Waals surface area contributed by atoms with Crippen molar-refractivity contribution >= 4 is 15.9 Å². The summed E-state index contributed by atoms with van der Waals surface area (Å²) in [6, 6.07) is 7.31. The van der Waals surface area contributed by atoms with E-state index in [0.29, 0.717) is 6.04 Å². The second-order valence-corrected chi connectivity index (χ2v) is 7.03. The number of nitrogens with one attached hydrogen (secondary N) is 1. The van der Waals surface area contributed by atoms with Gasteiger partial charge in [-0.25, -0.2) is 0 Å². The normalized spacial score (nSPS) is 24.6. The van der Waals surface area contributed by atoms with E-state index >= 15 is 0 Å². The van der Waals surface area contributed by atoms with Crippen LogP contribution in [0.25, 0.3) is 0 Å². The van der Waals surface area contributed by atoms with Crippen LogP contribution in [-0.4, -0.2) is 6.54 Å². The number of rotatable bonds is 5. The molecule has 2 rings (SSSR count). The second kappa shape index (κ2) is 7.61. The highest BCUT2D eigenvalue weighted by atomic mass is 79.9. The van der Waals surface area contributed by atoms with Gasteiger partial charge in [-0.05, 0) is 48.9 Å². The zero-order valence-electron chi connectivity index (χ0n) is 13.1. The van der Waals surface area contributed by atoms with Crippen LogP contribution < -0.4 is 5.32 Å². The number of aryl methyl sites for hydroxylation is 1. The minimum Gasteiger partial charge on any atom is -0.310 e. The maximum Gasteiger partial charge on any atom is 0.0362 e. The minimum atomic E-state index is 0.500. The summed E-state index contributed by atoms with van der Waals surface area (Å²) in [5.41, 5.74) is 2.77. The lowest BCUT2D eigenvalue weighted by molar-refractivity contribution is 0.176. The van der Waals surface area contributed by atoms with Gasteiger partial charge in [0.25, 0.3) is 0 Å². The summed E-state index contributed by atoms with van der Waals surface area (Å²) >= 11 is 3.79. The number of hydrogen-bond acceptors (Lipinski definition) is 1. The van der Waals surface area contributed by atoms with E-state index < -0.39 is 0 Å². The molecule has 1 fully saturated rings. The molecule has 3 unspecified atom stereocenters. The zero-order chi connectivity index (χ0) is 14.5. The van der Waals surface area contributed by atoms with Gasteiger partial charge in [0.1, 0.15) is 0 Å². The highest BCUT2D eigenvalue weighted by Gasteiger charge is 2.32. The van der Waals surface area contributed by atoms with Crippen molar-refractivity contribution in [3.8, 4) is 0 Å². The Balaban J connectivity index is 2.29. The van der Waals surface area contributed by atoms with Crippen LogP contribution in [0.5, 0.6) is 0 Å². The van der Waals surface area contributed by atoms with Crippen molar-refractivity contribution in [2.45, 2.75) is 58.9 Å². The van der Waals surface area contributed by atoms with E-state index in [1.807, 2.05) is 0 Å². The molecule has 1 nitrogen and oxygen atoms in total. The molecule has 0 spiro atoms. The third kappa shape index (κ3) is 3.65. The Kier molecular flexibility index (Phi) is 6.10. The molecule has 0 bridgehead atoms. The molecule has 0 saturated heterocycles. The molecular formula is C18H28BrN. The van der Waals surface area contributed by atoms with Gasteiger partial charge in [-0.3, -0.25) is 0 Å². The standard InChI is InChI=1S/C18H28BrN/c1-4-14-8-6-7-9-15(14)18(20-5-2)16-11-10-13(3)12-17(16)19/h10-12,14-15,18,20H,4-9H2,1-3H3. The smallest absolute Gasteiger partial charge is 0.0362 e. The van der Waals surface area contributed by atoms with Crippen molar-refractivity contribution < 1.29 is 0 Å². The fourth-order valence-electron chi connectivity index (χ4n) is 3.78. The zero-order valence-corrected chi connectivity index (χ0v) is 14.7. The molecule has 0 heterocycles. The van der Waals surface area contributed by atoms with Crippen LogP contribution in [0.2, 0.25) is 0 Å². The predicted molar refractivity (Wildman–Crippen MR) is 91.0 cm³/mol. The minimum absolute atomic E-state index is 0.500. The fraction of sp³-hybridized carbons (Fsp3) is 0.667. The lowest BCUT2D eigenvalue weighted by atomic mass is 9.72. The summed E-state index contributed by atoms with van der Waals surface area (Å²) < 4.78 is 1.27. The summed E-state index contributed by atoms with van der Waals surface area (Å²) in [5, 5.41) is 3.76. The van der Waals surface area contributed by atoms with Crippen LogP contribution in [0.3, 0.4) is 0 Å². The molecule has 0 amide bonds. The Bertz CT molecular complexity index is 429. The summed E-state index contributed by atoms with van der Waals surface area (Å²) in [6.45, 7) is 7.78. The first-order valence-electron chi connectivity index (χ1n) is 8.16. The monoisotopic (exact) mass is 337 g/mol. The van der Waals surface area contributed by atoms with Crippen LogP contribution >= 0.6 is 15.9 Å². The predicted octanol–water partition coefficient (Wildman–Crippen LogP) is 5.62. The summed E-state index contributed by atoms with van der Waals surface area (Å²) in [7, 11) is 0. The van der Waals surface area contributed by atoms with E-state index in [1.54, 1.807) is 0 Å². The van der Waals surface area contributed by atoms with Crippen LogP contribution in [0.1, 0.15) is 63.1 Å². The number of halogens is 1. The molecule has 3 atom stereocenters. The number of hydrogen-bond donors (Lipinski definition) is 1. The Morgan fingerprint density at radius 3 is 2.65 bits per heavy atom. The Labute approximate surface area is 132 Å². The average Bonchev–Trinajstić information content (AvgIpc) is 2.45. The first-order chi connectivity index (χ1) is 9.67. The van der Waals surface area contributed by atoms with Crippen molar-refractivity contribution in [3.05, 3.63) is 33.8 Å². The maximum atomic E-state index is 3.79. The molecule has 1 aliphatic carbocycles. The van der Waals surface area contributed by atoms with E-state index in [2.05, 4.69) is 60.2 Å². The molecule has 0 radical (unpaired) electrons. The SMILES string of the molecule is CCNC(c1ccc(C)cc1Br)C1CCCCC1CC. The van der Waals surface area contributed by atoms with Crippen molar-refractivity contribution in [2.75, 3.05) is 6.54 Å². The van der Waals surface area contributed by atoms with E-state index in [0.717, 1.165) is 18.4 Å². The molecule has 1 saturated carbocycles. The molecule has 112 valence electrons. The molecular weight excluding hydrogens is 310 g/mol. The van der Waals surface area contributed by atoms with Gasteiger partial charge in [-0.15, -0.1) is 0 Å². The Hall–Kier alpha value is -0.340. The second-order valence-electron chi connectivity index (χ2n) is 6.18. The van der Waals surface area contributed by atoms with E-state index in [4.69, 9.17) is 0 Å². The van der Waals surface area contributed by atoms with Crippen molar-refractivity contribution in [1.82, 2.24) is 5.32 Å². The third-order valence-corrected chi connectivity index (χ3v) is 5.52. The van der Waals surface area contributed by atoms with Crippen LogP contribution in [0.4, 0.5) is 0 Å². The summed E-state index contributed by atoms with van der Waals surface area (Å²) in [5.74, 6) is 1.66. The molecule has 1 N–H and O–H groups in total. The quantitative estimate of drug-likeness (QED) is 0.734. The summed E-state index contributed by atoms with van der Waals surface area (Å²) in [6.07, 6.45) is 6.91. The molecule has 0 aliphatic heterocycles. The van der Waals surface area contributed by atoms with Crippen LogP contribution in [-0.2, 0) is 0 Å². The Morgan fingerprint density at radius 1 is 1.25 bits per heavy atom.